The zero-order chi connectivity index (χ0) is 21.7. The van der Waals surface area contributed by atoms with Gasteiger partial charge in [-0.1, -0.05) is 59.0 Å². The standard InChI is InChI=1S/C27H43NO2/c1-17(2)7-6-8-18(3)21-9-10-22-20-16-25(28-30)24-15-19(29)11-13-27(24,5)23(20)12-14-26(21,22)4/h15,17-18,20-23,30H,6-14,16H2,1-5H3/b28-25+/t18-,20?,21-,22?,23?,26-,27-/m1/s1. The molecule has 3 unspecified atom stereocenters. The van der Waals surface area contributed by atoms with Gasteiger partial charge in [-0.15, -0.1) is 0 Å². The molecule has 0 heterocycles. The molecule has 0 aromatic carbocycles. The molecular formula is C27H43NO2. The van der Waals surface area contributed by atoms with Gasteiger partial charge < -0.3 is 5.21 Å². The van der Waals surface area contributed by atoms with Crippen molar-refractivity contribution >= 4 is 11.5 Å². The highest BCUT2D eigenvalue weighted by atomic mass is 16.4. The van der Waals surface area contributed by atoms with Gasteiger partial charge in [-0.25, -0.2) is 0 Å². The van der Waals surface area contributed by atoms with E-state index < -0.39 is 0 Å². The first-order valence-corrected chi connectivity index (χ1v) is 12.7. The maximum atomic E-state index is 12.1. The maximum absolute atomic E-state index is 12.1. The van der Waals surface area contributed by atoms with Gasteiger partial charge in [0.05, 0.1) is 5.71 Å². The third kappa shape index (κ3) is 3.48. The van der Waals surface area contributed by atoms with Crippen molar-refractivity contribution < 1.29 is 10.0 Å². The van der Waals surface area contributed by atoms with E-state index in [1.165, 1.54) is 44.9 Å². The molecule has 0 aromatic heterocycles. The lowest BCUT2D eigenvalue weighted by Gasteiger charge is -2.58. The molecule has 168 valence electrons. The van der Waals surface area contributed by atoms with Crippen molar-refractivity contribution in [1.29, 1.82) is 0 Å². The van der Waals surface area contributed by atoms with E-state index >= 15 is 0 Å². The number of rotatable bonds is 5. The molecule has 7 atom stereocenters. The molecule has 0 aromatic rings. The van der Waals surface area contributed by atoms with Crippen molar-refractivity contribution in [2.75, 3.05) is 0 Å². The fraction of sp³-hybridized carbons (Fsp3) is 0.852. The number of hydrogen-bond acceptors (Lipinski definition) is 3. The van der Waals surface area contributed by atoms with Crippen LogP contribution in [0.15, 0.2) is 16.8 Å². The Morgan fingerprint density at radius 3 is 2.57 bits per heavy atom. The predicted octanol–water partition coefficient (Wildman–Crippen LogP) is 7.04. The highest BCUT2D eigenvalue weighted by Gasteiger charge is 2.60. The number of carbonyl (C=O) groups excluding carboxylic acids is 1. The van der Waals surface area contributed by atoms with Crippen molar-refractivity contribution in [1.82, 2.24) is 0 Å². The molecule has 0 amide bonds. The largest absolute Gasteiger partial charge is 0.411 e. The Kier molecular flexibility index (Phi) is 5.96. The number of hydrogen-bond donors (Lipinski definition) is 1. The fourth-order valence-corrected chi connectivity index (χ4v) is 8.53. The Hall–Kier alpha value is -1.12. The number of carbonyl (C=O) groups is 1. The quantitative estimate of drug-likeness (QED) is 0.388. The second kappa shape index (κ2) is 8.10. The molecule has 4 aliphatic carbocycles. The molecule has 3 nitrogen and oxygen atoms in total. The zero-order valence-electron chi connectivity index (χ0n) is 19.9. The van der Waals surface area contributed by atoms with Crippen LogP contribution in [-0.2, 0) is 4.79 Å². The minimum Gasteiger partial charge on any atom is -0.411 e. The summed E-state index contributed by atoms with van der Waals surface area (Å²) in [5, 5.41) is 13.6. The molecule has 3 fully saturated rings. The Labute approximate surface area is 183 Å². The average molecular weight is 414 g/mol. The zero-order valence-corrected chi connectivity index (χ0v) is 19.9. The molecule has 4 rings (SSSR count). The summed E-state index contributed by atoms with van der Waals surface area (Å²) in [4.78, 5) is 12.1. The lowest BCUT2D eigenvalue weighted by atomic mass is 9.46. The van der Waals surface area contributed by atoms with Crippen LogP contribution in [0.2, 0.25) is 0 Å². The first-order valence-electron chi connectivity index (χ1n) is 12.7. The second-order valence-electron chi connectivity index (χ2n) is 12.1. The molecule has 1 N–H and O–H groups in total. The molecule has 0 spiro atoms. The van der Waals surface area contributed by atoms with Gasteiger partial charge in [0.25, 0.3) is 0 Å². The molecule has 0 aliphatic heterocycles. The summed E-state index contributed by atoms with van der Waals surface area (Å²) in [6.07, 6.45) is 13.7. The van der Waals surface area contributed by atoms with Gasteiger partial charge in [0.2, 0.25) is 0 Å². The highest BCUT2D eigenvalue weighted by Crippen LogP contribution is 2.67. The normalized spacial score (nSPS) is 43.2. The van der Waals surface area contributed by atoms with E-state index in [4.69, 9.17) is 0 Å². The van der Waals surface area contributed by atoms with Gasteiger partial charge in [-0.05, 0) is 96.5 Å². The topological polar surface area (TPSA) is 49.7 Å². The van der Waals surface area contributed by atoms with Gasteiger partial charge in [0.1, 0.15) is 0 Å². The summed E-state index contributed by atoms with van der Waals surface area (Å²) in [6, 6.07) is 0. The number of allylic oxidation sites excluding steroid dienone is 1. The molecule has 3 saturated carbocycles. The summed E-state index contributed by atoms with van der Waals surface area (Å²) in [7, 11) is 0. The van der Waals surface area contributed by atoms with Gasteiger partial charge >= 0.3 is 0 Å². The van der Waals surface area contributed by atoms with Gasteiger partial charge in [-0.3, -0.25) is 4.79 Å². The first kappa shape index (κ1) is 22.1. The van der Waals surface area contributed by atoms with Crippen molar-refractivity contribution in [3.63, 3.8) is 0 Å². The summed E-state index contributed by atoms with van der Waals surface area (Å²) in [5.74, 6) is 4.64. The van der Waals surface area contributed by atoms with E-state index in [1.54, 1.807) is 0 Å². The van der Waals surface area contributed by atoms with Gasteiger partial charge in [0, 0.05) is 6.42 Å². The van der Waals surface area contributed by atoms with Crippen LogP contribution in [0.4, 0.5) is 0 Å². The van der Waals surface area contributed by atoms with Crippen molar-refractivity contribution in [2.24, 2.45) is 51.5 Å². The third-order valence-corrected chi connectivity index (χ3v) is 10.1. The summed E-state index contributed by atoms with van der Waals surface area (Å²) >= 11 is 0. The molecule has 30 heavy (non-hydrogen) atoms. The fourth-order valence-electron chi connectivity index (χ4n) is 8.53. The van der Waals surface area contributed by atoms with E-state index in [-0.39, 0.29) is 11.2 Å². The van der Waals surface area contributed by atoms with Crippen LogP contribution in [-0.4, -0.2) is 16.7 Å². The molecule has 3 heteroatoms. The Balaban J connectivity index is 1.57. The minimum absolute atomic E-state index is 0.0146. The number of ketones is 1. The molecular weight excluding hydrogens is 370 g/mol. The lowest BCUT2D eigenvalue weighted by Crippen LogP contribution is -2.53. The number of nitrogens with zero attached hydrogens (tertiary/aromatic N) is 1. The van der Waals surface area contributed by atoms with Gasteiger partial charge in [0.15, 0.2) is 5.78 Å². The van der Waals surface area contributed by atoms with E-state index in [2.05, 4.69) is 39.8 Å². The van der Waals surface area contributed by atoms with E-state index in [9.17, 15) is 10.0 Å². The highest BCUT2D eigenvalue weighted by molar-refractivity contribution is 6.08. The van der Waals surface area contributed by atoms with Crippen molar-refractivity contribution in [3.8, 4) is 0 Å². The van der Waals surface area contributed by atoms with Crippen LogP contribution in [0.5, 0.6) is 0 Å². The smallest absolute Gasteiger partial charge is 0.156 e. The Morgan fingerprint density at radius 2 is 1.87 bits per heavy atom. The monoisotopic (exact) mass is 413 g/mol. The van der Waals surface area contributed by atoms with Gasteiger partial charge in [-0.2, -0.15) is 0 Å². The predicted molar refractivity (Wildman–Crippen MR) is 123 cm³/mol. The van der Waals surface area contributed by atoms with Crippen LogP contribution in [0.1, 0.15) is 98.8 Å². The van der Waals surface area contributed by atoms with Crippen LogP contribution >= 0.6 is 0 Å². The number of fused-ring (bicyclic) bond motifs is 5. The summed E-state index contributed by atoms with van der Waals surface area (Å²) in [5.41, 5.74) is 2.31. The van der Waals surface area contributed by atoms with Crippen molar-refractivity contribution in [2.45, 2.75) is 98.8 Å². The van der Waals surface area contributed by atoms with Crippen LogP contribution in [0.3, 0.4) is 0 Å². The van der Waals surface area contributed by atoms with Crippen LogP contribution in [0, 0.1) is 46.3 Å². The van der Waals surface area contributed by atoms with Crippen LogP contribution < -0.4 is 0 Å². The first-order chi connectivity index (χ1) is 14.2. The third-order valence-electron chi connectivity index (χ3n) is 10.1. The van der Waals surface area contributed by atoms with E-state index in [1.807, 2.05) is 6.08 Å². The summed E-state index contributed by atoms with van der Waals surface area (Å²) in [6.45, 7) is 12.1. The summed E-state index contributed by atoms with van der Waals surface area (Å²) < 4.78 is 0. The van der Waals surface area contributed by atoms with Crippen LogP contribution in [0.25, 0.3) is 0 Å². The Morgan fingerprint density at radius 1 is 1.10 bits per heavy atom. The SMILES string of the molecule is CC(C)CCC[C@@H](C)[C@H]1CCC2C3C/C(=N\O)C4=CC(=O)CC[C@]4(C)C3CC[C@@]21C. The van der Waals surface area contributed by atoms with E-state index in [0.29, 0.717) is 23.7 Å². The maximum Gasteiger partial charge on any atom is 0.156 e. The van der Waals surface area contributed by atoms with E-state index in [0.717, 1.165) is 47.8 Å². The Bertz CT molecular complexity index is 737. The second-order valence-corrected chi connectivity index (χ2v) is 12.1. The number of oxime groups is 1. The average Bonchev–Trinajstić information content (AvgIpc) is 3.05. The molecule has 0 bridgehead atoms. The molecule has 4 aliphatic rings. The van der Waals surface area contributed by atoms with Crippen molar-refractivity contribution in [3.05, 3.63) is 11.6 Å². The minimum atomic E-state index is 0.0146. The molecule has 0 saturated heterocycles. The lowest BCUT2D eigenvalue weighted by molar-refractivity contribution is -0.116. The molecule has 0 radical (unpaired) electrons.